The highest BCUT2D eigenvalue weighted by atomic mass is 16.4. The number of rotatable bonds is 9. The van der Waals surface area contributed by atoms with E-state index >= 15 is 0 Å². The van der Waals surface area contributed by atoms with Crippen molar-refractivity contribution in [1.29, 1.82) is 0 Å². The van der Waals surface area contributed by atoms with Gasteiger partial charge in [0.2, 0.25) is 5.82 Å². The second-order valence-corrected chi connectivity index (χ2v) is 7.48. The van der Waals surface area contributed by atoms with Crippen molar-refractivity contribution in [3.8, 4) is 11.1 Å². The number of nitrogens with one attached hydrogen (secondary N) is 1. The Morgan fingerprint density at radius 3 is 2.22 bits per heavy atom. The first-order valence-corrected chi connectivity index (χ1v) is 10.1. The van der Waals surface area contributed by atoms with E-state index in [1.54, 1.807) is 6.92 Å². The standard InChI is InChI=1S/C24H23N3O5/c1-15(23(29)30)13-19(26-22(28)21-25-12-11-20(27-21)24(31)32)14-16-7-9-18(10-8-16)17-5-3-2-4-6-17/h2-12,15,19H,13-14H2,1H3,(H,26,28)(H,29,30)(H,31,32). The minimum atomic E-state index is -1.27. The monoisotopic (exact) mass is 433 g/mol. The molecule has 0 aliphatic rings. The normalized spacial score (nSPS) is 12.5. The second-order valence-electron chi connectivity index (χ2n) is 7.48. The van der Waals surface area contributed by atoms with E-state index in [4.69, 9.17) is 5.11 Å². The van der Waals surface area contributed by atoms with Gasteiger partial charge >= 0.3 is 11.9 Å². The summed E-state index contributed by atoms with van der Waals surface area (Å²) in [6.45, 7) is 1.57. The molecule has 0 saturated heterocycles. The molecule has 0 spiro atoms. The van der Waals surface area contributed by atoms with Gasteiger partial charge in [-0.05, 0) is 35.6 Å². The lowest BCUT2D eigenvalue weighted by molar-refractivity contribution is -0.141. The van der Waals surface area contributed by atoms with Gasteiger partial charge in [0, 0.05) is 12.2 Å². The van der Waals surface area contributed by atoms with Crippen LogP contribution in [0.4, 0.5) is 0 Å². The summed E-state index contributed by atoms with van der Waals surface area (Å²) in [7, 11) is 0. The number of carbonyl (C=O) groups excluding carboxylic acids is 1. The van der Waals surface area contributed by atoms with Crippen LogP contribution in [-0.4, -0.2) is 44.1 Å². The van der Waals surface area contributed by atoms with Crippen LogP contribution in [0, 0.1) is 5.92 Å². The van der Waals surface area contributed by atoms with E-state index in [2.05, 4.69) is 15.3 Å². The highest BCUT2D eigenvalue weighted by Gasteiger charge is 2.22. The van der Waals surface area contributed by atoms with Crippen LogP contribution in [0.3, 0.4) is 0 Å². The molecule has 0 bridgehead atoms. The van der Waals surface area contributed by atoms with Crippen molar-refractivity contribution in [3.63, 3.8) is 0 Å². The summed E-state index contributed by atoms with van der Waals surface area (Å²) in [5, 5.41) is 21.1. The summed E-state index contributed by atoms with van der Waals surface area (Å²) in [6.07, 6.45) is 1.79. The minimum absolute atomic E-state index is 0.195. The fourth-order valence-corrected chi connectivity index (χ4v) is 3.31. The van der Waals surface area contributed by atoms with Gasteiger partial charge in [0.1, 0.15) is 0 Å². The molecule has 8 nitrogen and oxygen atoms in total. The number of aromatic carboxylic acids is 1. The Morgan fingerprint density at radius 2 is 1.59 bits per heavy atom. The maximum Gasteiger partial charge on any atom is 0.354 e. The summed E-state index contributed by atoms with van der Waals surface area (Å²) in [4.78, 5) is 42.7. The van der Waals surface area contributed by atoms with Gasteiger partial charge < -0.3 is 15.5 Å². The average molecular weight is 433 g/mol. The van der Waals surface area contributed by atoms with Crippen molar-refractivity contribution in [3.05, 3.63) is 83.9 Å². The molecule has 0 saturated carbocycles. The smallest absolute Gasteiger partial charge is 0.354 e. The fourth-order valence-electron chi connectivity index (χ4n) is 3.31. The molecule has 3 aromatic rings. The lowest BCUT2D eigenvalue weighted by Crippen LogP contribution is -2.39. The number of nitrogens with zero attached hydrogens (tertiary/aromatic N) is 2. The first-order chi connectivity index (χ1) is 15.3. The molecular formula is C24H23N3O5. The molecule has 1 aromatic heterocycles. The molecular weight excluding hydrogens is 410 g/mol. The first-order valence-electron chi connectivity index (χ1n) is 10.1. The van der Waals surface area contributed by atoms with E-state index in [0.29, 0.717) is 6.42 Å². The summed E-state index contributed by atoms with van der Waals surface area (Å²) < 4.78 is 0. The maximum atomic E-state index is 12.6. The topological polar surface area (TPSA) is 129 Å². The third-order valence-electron chi connectivity index (χ3n) is 5.02. The van der Waals surface area contributed by atoms with Crippen LogP contribution in [0.15, 0.2) is 66.9 Å². The van der Waals surface area contributed by atoms with Crippen LogP contribution in [-0.2, 0) is 11.2 Å². The van der Waals surface area contributed by atoms with Crippen molar-refractivity contribution >= 4 is 17.8 Å². The summed E-state index contributed by atoms with van der Waals surface area (Å²) in [5.41, 5.74) is 2.76. The summed E-state index contributed by atoms with van der Waals surface area (Å²) in [5.74, 6) is -3.85. The molecule has 0 fully saturated rings. The highest BCUT2D eigenvalue weighted by Crippen LogP contribution is 2.20. The van der Waals surface area contributed by atoms with E-state index in [1.165, 1.54) is 12.3 Å². The third kappa shape index (κ3) is 5.98. The van der Waals surface area contributed by atoms with Gasteiger partial charge in [-0.3, -0.25) is 9.59 Å². The SMILES string of the molecule is CC(CC(Cc1ccc(-c2ccccc2)cc1)NC(=O)c1nccc(C(=O)O)n1)C(=O)O. The summed E-state index contributed by atoms with van der Waals surface area (Å²) in [6, 6.07) is 18.4. The lowest BCUT2D eigenvalue weighted by Gasteiger charge is -2.21. The molecule has 32 heavy (non-hydrogen) atoms. The molecule has 2 unspecified atom stereocenters. The zero-order chi connectivity index (χ0) is 23.1. The Morgan fingerprint density at radius 1 is 0.938 bits per heavy atom. The Bertz CT molecular complexity index is 1100. The van der Waals surface area contributed by atoms with Gasteiger partial charge in [0.15, 0.2) is 5.69 Å². The van der Waals surface area contributed by atoms with Crippen molar-refractivity contribution in [2.24, 2.45) is 5.92 Å². The van der Waals surface area contributed by atoms with Crippen LogP contribution in [0.1, 0.15) is 40.0 Å². The molecule has 2 aromatic carbocycles. The average Bonchev–Trinajstić information content (AvgIpc) is 2.80. The predicted molar refractivity (Wildman–Crippen MR) is 117 cm³/mol. The second kappa shape index (κ2) is 10.3. The van der Waals surface area contributed by atoms with Gasteiger partial charge in [0.25, 0.3) is 5.91 Å². The van der Waals surface area contributed by atoms with E-state index in [0.717, 1.165) is 16.7 Å². The molecule has 1 heterocycles. The molecule has 2 atom stereocenters. The minimum Gasteiger partial charge on any atom is -0.481 e. The molecule has 3 rings (SSSR count). The number of amides is 1. The van der Waals surface area contributed by atoms with Crippen molar-refractivity contribution in [2.75, 3.05) is 0 Å². The molecule has 1 amide bonds. The van der Waals surface area contributed by atoms with Crippen LogP contribution in [0.2, 0.25) is 0 Å². The number of carboxylic acid groups (broad SMARTS) is 2. The van der Waals surface area contributed by atoms with Crippen molar-refractivity contribution in [2.45, 2.75) is 25.8 Å². The Labute approximate surface area is 185 Å². The molecule has 8 heteroatoms. The molecule has 3 N–H and O–H groups in total. The van der Waals surface area contributed by atoms with Gasteiger partial charge in [-0.2, -0.15) is 0 Å². The zero-order valence-electron chi connectivity index (χ0n) is 17.4. The highest BCUT2D eigenvalue weighted by molar-refractivity contribution is 5.92. The van der Waals surface area contributed by atoms with Crippen LogP contribution in [0.25, 0.3) is 11.1 Å². The van der Waals surface area contributed by atoms with E-state index in [1.807, 2.05) is 54.6 Å². The van der Waals surface area contributed by atoms with Gasteiger partial charge in [0.05, 0.1) is 5.92 Å². The Kier molecular flexibility index (Phi) is 7.28. The maximum absolute atomic E-state index is 12.6. The summed E-state index contributed by atoms with van der Waals surface area (Å²) >= 11 is 0. The third-order valence-corrected chi connectivity index (χ3v) is 5.02. The first kappa shape index (κ1) is 22.6. The number of carboxylic acids is 2. The van der Waals surface area contributed by atoms with Crippen LogP contribution < -0.4 is 5.32 Å². The fraction of sp³-hybridized carbons (Fsp3) is 0.208. The Hall–Kier alpha value is -4.07. The van der Waals surface area contributed by atoms with E-state index < -0.39 is 29.8 Å². The lowest BCUT2D eigenvalue weighted by atomic mass is 9.95. The number of hydrogen-bond acceptors (Lipinski definition) is 5. The largest absolute Gasteiger partial charge is 0.481 e. The quantitative estimate of drug-likeness (QED) is 0.472. The van der Waals surface area contributed by atoms with E-state index in [-0.39, 0.29) is 17.9 Å². The van der Waals surface area contributed by atoms with Crippen LogP contribution >= 0.6 is 0 Å². The Balaban J connectivity index is 1.77. The molecule has 0 aliphatic carbocycles. The predicted octanol–water partition coefficient (Wildman–Crippen LogP) is 3.29. The van der Waals surface area contributed by atoms with Gasteiger partial charge in [-0.15, -0.1) is 0 Å². The van der Waals surface area contributed by atoms with Gasteiger partial charge in [-0.1, -0.05) is 61.5 Å². The number of aromatic nitrogens is 2. The number of carbonyl (C=O) groups is 3. The molecule has 0 aliphatic heterocycles. The van der Waals surface area contributed by atoms with Crippen molar-refractivity contribution in [1.82, 2.24) is 15.3 Å². The molecule has 0 radical (unpaired) electrons. The van der Waals surface area contributed by atoms with E-state index in [9.17, 15) is 19.5 Å². The zero-order valence-corrected chi connectivity index (χ0v) is 17.4. The molecule has 164 valence electrons. The number of benzene rings is 2. The number of aliphatic carboxylic acids is 1. The van der Waals surface area contributed by atoms with Crippen molar-refractivity contribution < 1.29 is 24.6 Å². The van der Waals surface area contributed by atoms with Gasteiger partial charge in [-0.25, -0.2) is 14.8 Å². The van der Waals surface area contributed by atoms with Crippen LogP contribution in [0.5, 0.6) is 0 Å². The number of hydrogen-bond donors (Lipinski definition) is 3.